The highest BCUT2D eigenvalue weighted by molar-refractivity contribution is 6.10. The number of para-hydroxylation sites is 2. The molecular weight excluding hydrogens is 370 g/mol. The maximum Gasteiger partial charge on any atom is 0.328 e. The van der Waals surface area contributed by atoms with Gasteiger partial charge < -0.3 is 10.0 Å². The number of phenolic OH excluding ortho intramolecular Hbond substituents is 1. The number of allylic oxidation sites excluding steroid dienone is 2. The molecule has 1 aromatic rings. The number of likely N-dealkylation sites (N-methyl/N-ethyl adjacent to an activating group) is 1. The van der Waals surface area contributed by atoms with Crippen LogP contribution in [0.4, 0.5) is 10.5 Å². The van der Waals surface area contributed by atoms with Crippen LogP contribution >= 0.6 is 0 Å². The second-order valence-electron chi connectivity index (χ2n) is 8.22. The van der Waals surface area contributed by atoms with Crippen LogP contribution in [0.15, 0.2) is 40.7 Å². The molecule has 0 aliphatic carbocycles. The normalized spacial score (nSPS) is 24.0. The van der Waals surface area contributed by atoms with E-state index in [1.165, 1.54) is 4.90 Å². The third-order valence-electron chi connectivity index (χ3n) is 5.95. The van der Waals surface area contributed by atoms with Gasteiger partial charge in [-0.1, -0.05) is 26.0 Å². The van der Waals surface area contributed by atoms with Crippen molar-refractivity contribution in [2.24, 2.45) is 10.9 Å². The first-order chi connectivity index (χ1) is 13.7. The lowest BCUT2D eigenvalue weighted by Crippen LogP contribution is -2.64. The van der Waals surface area contributed by atoms with E-state index in [0.29, 0.717) is 24.1 Å². The summed E-state index contributed by atoms with van der Waals surface area (Å²) in [5.74, 6) is 0.869. The van der Waals surface area contributed by atoms with E-state index in [4.69, 9.17) is 4.99 Å². The number of carbonyl (C=O) groups excluding carboxylic acids is 2. The molecule has 3 heterocycles. The molecule has 1 aromatic carbocycles. The molecular formula is C21H27N5O3. The topological polar surface area (TPSA) is 79.7 Å². The number of phenols is 1. The number of urea groups is 1. The molecule has 154 valence electrons. The third kappa shape index (κ3) is 2.77. The Bertz CT molecular complexity index is 938. The number of guanidine groups is 1. The van der Waals surface area contributed by atoms with Crippen molar-refractivity contribution in [1.82, 2.24) is 14.7 Å². The van der Waals surface area contributed by atoms with Crippen LogP contribution in [0.2, 0.25) is 0 Å². The van der Waals surface area contributed by atoms with Crippen LogP contribution in [0, 0.1) is 5.92 Å². The molecule has 0 aromatic heterocycles. The third-order valence-corrected chi connectivity index (χ3v) is 5.95. The predicted octanol–water partition coefficient (Wildman–Crippen LogP) is 2.77. The van der Waals surface area contributed by atoms with Crippen molar-refractivity contribution in [3.8, 4) is 5.75 Å². The molecule has 2 unspecified atom stereocenters. The van der Waals surface area contributed by atoms with Crippen molar-refractivity contribution in [3.63, 3.8) is 0 Å². The number of amides is 3. The van der Waals surface area contributed by atoms with Gasteiger partial charge in [-0.2, -0.15) is 0 Å². The van der Waals surface area contributed by atoms with E-state index >= 15 is 0 Å². The predicted molar refractivity (Wildman–Crippen MR) is 110 cm³/mol. The minimum atomic E-state index is -0.592. The summed E-state index contributed by atoms with van der Waals surface area (Å²) in [5, 5.41) is 10.4. The summed E-state index contributed by atoms with van der Waals surface area (Å²) < 4.78 is 0. The monoisotopic (exact) mass is 397 g/mol. The molecule has 2 atom stereocenters. The second kappa shape index (κ2) is 6.79. The summed E-state index contributed by atoms with van der Waals surface area (Å²) >= 11 is 0. The van der Waals surface area contributed by atoms with Crippen LogP contribution in [0.25, 0.3) is 0 Å². The van der Waals surface area contributed by atoms with Gasteiger partial charge in [0.25, 0.3) is 5.91 Å². The first kappa shape index (κ1) is 19.3. The van der Waals surface area contributed by atoms with Crippen LogP contribution in [0.1, 0.15) is 34.1 Å². The maximum atomic E-state index is 13.4. The molecule has 0 radical (unpaired) electrons. The van der Waals surface area contributed by atoms with Gasteiger partial charge in [0.05, 0.1) is 5.69 Å². The average Bonchev–Trinajstić information content (AvgIpc) is 3.17. The molecule has 8 nitrogen and oxygen atoms in total. The first-order valence-electron chi connectivity index (χ1n) is 9.94. The van der Waals surface area contributed by atoms with Crippen molar-refractivity contribution >= 4 is 23.6 Å². The van der Waals surface area contributed by atoms with Crippen LogP contribution in [0.5, 0.6) is 5.75 Å². The van der Waals surface area contributed by atoms with Crippen LogP contribution in [0.3, 0.4) is 0 Å². The van der Waals surface area contributed by atoms with E-state index in [-0.39, 0.29) is 17.7 Å². The van der Waals surface area contributed by atoms with E-state index in [2.05, 4.69) is 13.8 Å². The number of aliphatic imine (C=N–C) groups is 1. The van der Waals surface area contributed by atoms with Gasteiger partial charge in [-0.15, -0.1) is 0 Å². The van der Waals surface area contributed by atoms with Gasteiger partial charge >= 0.3 is 6.03 Å². The molecule has 8 heteroatoms. The maximum absolute atomic E-state index is 13.4. The number of nitrogens with zero attached hydrogens (tertiary/aromatic N) is 5. The van der Waals surface area contributed by atoms with Crippen LogP contribution in [-0.2, 0) is 4.79 Å². The SMILES string of the molecule is CC1=C(C)N2C(=NC3C2C(=O)N(CCC(C)C)C(=O)N3C)N1c1ccccc1O. The number of anilines is 1. The Kier molecular flexibility index (Phi) is 4.52. The lowest BCUT2D eigenvalue weighted by Gasteiger charge is -2.41. The average molecular weight is 397 g/mol. The number of carbonyl (C=O) groups is 2. The fourth-order valence-corrected chi connectivity index (χ4v) is 4.15. The summed E-state index contributed by atoms with van der Waals surface area (Å²) in [6, 6.07) is 6.14. The van der Waals surface area contributed by atoms with E-state index in [1.807, 2.05) is 35.8 Å². The minimum Gasteiger partial charge on any atom is -0.506 e. The fraction of sp³-hybridized carbons (Fsp3) is 0.476. The van der Waals surface area contributed by atoms with Gasteiger partial charge in [-0.05, 0) is 38.3 Å². The van der Waals surface area contributed by atoms with Gasteiger partial charge in [0.1, 0.15) is 5.75 Å². The smallest absolute Gasteiger partial charge is 0.328 e. The summed E-state index contributed by atoms with van der Waals surface area (Å²) in [5.41, 5.74) is 2.38. The number of rotatable bonds is 4. The Balaban J connectivity index is 1.73. The first-order valence-corrected chi connectivity index (χ1v) is 9.94. The van der Waals surface area contributed by atoms with Gasteiger partial charge in [0.2, 0.25) is 5.96 Å². The van der Waals surface area contributed by atoms with Crippen molar-refractivity contribution in [1.29, 1.82) is 0 Å². The molecule has 3 aliphatic heterocycles. The summed E-state index contributed by atoms with van der Waals surface area (Å²) in [6.45, 7) is 8.43. The highest BCUT2D eigenvalue weighted by Gasteiger charge is 2.55. The number of benzene rings is 1. The Labute approximate surface area is 170 Å². The Morgan fingerprint density at radius 1 is 1.14 bits per heavy atom. The molecule has 0 saturated carbocycles. The van der Waals surface area contributed by atoms with Gasteiger partial charge in [0.15, 0.2) is 12.2 Å². The highest BCUT2D eigenvalue weighted by atomic mass is 16.3. The fourth-order valence-electron chi connectivity index (χ4n) is 4.15. The van der Waals surface area contributed by atoms with E-state index in [0.717, 1.165) is 17.8 Å². The zero-order valence-corrected chi connectivity index (χ0v) is 17.5. The molecule has 4 rings (SSSR count). The summed E-state index contributed by atoms with van der Waals surface area (Å²) in [4.78, 5) is 37.6. The lowest BCUT2D eigenvalue weighted by atomic mass is 10.1. The minimum absolute atomic E-state index is 0.133. The van der Waals surface area contributed by atoms with E-state index < -0.39 is 12.2 Å². The van der Waals surface area contributed by atoms with Gasteiger partial charge in [0, 0.05) is 25.0 Å². The van der Waals surface area contributed by atoms with E-state index in [9.17, 15) is 14.7 Å². The molecule has 3 amide bonds. The molecule has 1 saturated heterocycles. The molecule has 3 aliphatic rings. The number of hydrogen-bond donors (Lipinski definition) is 1. The Morgan fingerprint density at radius 2 is 1.83 bits per heavy atom. The lowest BCUT2D eigenvalue weighted by molar-refractivity contribution is -0.137. The molecule has 0 spiro atoms. The van der Waals surface area contributed by atoms with Gasteiger partial charge in [-0.25, -0.2) is 9.79 Å². The second-order valence-corrected chi connectivity index (χ2v) is 8.22. The largest absolute Gasteiger partial charge is 0.506 e. The van der Waals surface area contributed by atoms with Crippen molar-refractivity contribution in [2.75, 3.05) is 18.5 Å². The summed E-state index contributed by atoms with van der Waals surface area (Å²) in [6.07, 6.45) is 0.172. The van der Waals surface area contributed by atoms with E-state index in [1.54, 1.807) is 24.1 Å². The number of hydrogen-bond acceptors (Lipinski definition) is 6. The standard InChI is InChI=1S/C21H27N5O3/c1-12(2)10-11-24-19(28)17-18(23(5)21(24)29)22-20-25(13(3)14(4)26(17)20)15-8-6-7-9-16(15)27/h6-9,12,17-18,27H,10-11H2,1-5H3. The quantitative estimate of drug-likeness (QED) is 0.845. The summed E-state index contributed by atoms with van der Waals surface area (Å²) in [7, 11) is 1.69. The molecule has 29 heavy (non-hydrogen) atoms. The molecule has 1 N–H and O–H groups in total. The highest BCUT2D eigenvalue weighted by Crippen LogP contribution is 2.42. The molecule has 0 bridgehead atoms. The van der Waals surface area contributed by atoms with Crippen molar-refractivity contribution < 1.29 is 14.7 Å². The van der Waals surface area contributed by atoms with Crippen LogP contribution < -0.4 is 4.90 Å². The van der Waals surface area contributed by atoms with Crippen molar-refractivity contribution in [2.45, 2.75) is 46.3 Å². The zero-order valence-electron chi connectivity index (χ0n) is 17.5. The van der Waals surface area contributed by atoms with Crippen molar-refractivity contribution in [3.05, 3.63) is 35.7 Å². The molecule has 1 fully saturated rings. The number of fused-ring (bicyclic) bond motifs is 3. The zero-order chi connectivity index (χ0) is 21.0. The van der Waals surface area contributed by atoms with Gasteiger partial charge in [-0.3, -0.25) is 19.5 Å². The number of imide groups is 1. The Hall–Kier alpha value is -3.03. The van der Waals surface area contributed by atoms with Crippen LogP contribution in [-0.4, -0.2) is 63.5 Å². The number of aromatic hydroxyl groups is 1. The Morgan fingerprint density at radius 3 is 2.48 bits per heavy atom.